The molecule has 0 saturated carbocycles. The van der Waals surface area contributed by atoms with Crippen molar-refractivity contribution in [3.05, 3.63) is 59.8 Å². The Labute approximate surface area is 168 Å². The van der Waals surface area contributed by atoms with E-state index in [4.69, 9.17) is 10.1 Å². The van der Waals surface area contributed by atoms with Crippen LogP contribution in [0.15, 0.2) is 42.6 Å². The zero-order valence-corrected chi connectivity index (χ0v) is 16.3. The van der Waals surface area contributed by atoms with Gasteiger partial charge >= 0.3 is 0 Å². The first kappa shape index (κ1) is 18.1. The monoisotopic (exact) mass is 393 g/mol. The number of hydrogen-bond donors (Lipinski definition) is 0. The molecule has 1 atom stereocenters. The molecule has 0 bridgehead atoms. The Morgan fingerprint density at radius 1 is 1.00 bits per heavy atom. The zero-order chi connectivity index (χ0) is 19.8. The molecule has 0 radical (unpaired) electrons. The van der Waals surface area contributed by atoms with E-state index in [1.807, 2.05) is 15.5 Å². The van der Waals surface area contributed by atoms with Gasteiger partial charge in [-0.2, -0.15) is 5.10 Å². The average Bonchev–Trinajstić information content (AvgIpc) is 3.43. The van der Waals surface area contributed by atoms with Crippen molar-refractivity contribution in [2.24, 2.45) is 0 Å². The fraction of sp³-hybridized carbons (Fsp3) is 0.409. The molecular formula is C22H24FN5O. The van der Waals surface area contributed by atoms with Gasteiger partial charge in [0.15, 0.2) is 11.5 Å². The normalized spacial score (nSPS) is 19.8. The zero-order valence-electron chi connectivity index (χ0n) is 16.3. The Bertz CT molecular complexity index is 1030. The minimum absolute atomic E-state index is 0.0604. The van der Waals surface area contributed by atoms with E-state index in [0.29, 0.717) is 18.7 Å². The molecule has 1 unspecified atom stereocenters. The first-order chi connectivity index (χ1) is 14.2. The second kappa shape index (κ2) is 7.46. The van der Waals surface area contributed by atoms with Gasteiger partial charge in [0.2, 0.25) is 0 Å². The predicted molar refractivity (Wildman–Crippen MR) is 109 cm³/mol. The summed E-state index contributed by atoms with van der Waals surface area (Å²) < 4.78 is 15.0. The van der Waals surface area contributed by atoms with Crippen molar-refractivity contribution in [1.29, 1.82) is 0 Å². The first-order valence-corrected chi connectivity index (χ1v) is 10.3. The van der Waals surface area contributed by atoms with E-state index in [-0.39, 0.29) is 17.6 Å². The molecule has 0 aliphatic carbocycles. The van der Waals surface area contributed by atoms with Crippen LogP contribution in [-0.2, 0) is 0 Å². The number of hydrogen-bond acceptors (Lipinski definition) is 4. The van der Waals surface area contributed by atoms with Crippen LogP contribution in [-0.4, -0.2) is 51.6 Å². The number of carbonyl (C=O) groups is 1. The van der Waals surface area contributed by atoms with Gasteiger partial charge in [0.25, 0.3) is 5.91 Å². The molecular weight excluding hydrogens is 369 g/mol. The molecule has 5 rings (SSSR count). The first-order valence-electron chi connectivity index (χ1n) is 10.3. The molecule has 1 aromatic carbocycles. The highest BCUT2D eigenvalue weighted by molar-refractivity contribution is 5.94. The standard InChI is InChI=1S/C22H24FN5O/c23-18-7-5-16(6-8-18)22(29)27-13-3-4-17(14-27)21-24-20-10-9-19(15-28(20)25-21)26-11-1-2-12-26/h5-10,15,17H,1-4,11-14H2. The van der Waals surface area contributed by atoms with Crippen LogP contribution < -0.4 is 4.90 Å². The Balaban J connectivity index is 1.35. The number of likely N-dealkylation sites (tertiary alicyclic amines) is 1. The smallest absolute Gasteiger partial charge is 0.253 e. The fourth-order valence-electron chi connectivity index (χ4n) is 4.37. The van der Waals surface area contributed by atoms with Gasteiger partial charge in [-0.3, -0.25) is 4.79 Å². The van der Waals surface area contributed by atoms with Crippen molar-refractivity contribution in [3.63, 3.8) is 0 Å². The van der Waals surface area contributed by atoms with Gasteiger partial charge in [-0.15, -0.1) is 0 Å². The summed E-state index contributed by atoms with van der Waals surface area (Å²) in [4.78, 5) is 21.7. The van der Waals surface area contributed by atoms with Crippen LogP contribution in [0.25, 0.3) is 5.65 Å². The fourth-order valence-corrected chi connectivity index (χ4v) is 4.37. The summed E-state index contributed by atoms with van der Waals surface area (Å²) in [6.07, 6.45) is 6.40. The SMILES string of the molecule is O=C(c1ccc(F)cc1)N1CCCC(c2nc3ccc(N4CCCC4)cn3n2)C1. The predicted octanol–water partition coefficient (Wildman–Crippen LogP) is 3.49. The number of pyridine rings is 1. The molecule has 0 N–H and O–H groups in total. The van der Waals surface area contributed by atoms with Gasteiger partial charge in [0.1, 0.15) is 5.82 Å². The van der Waals surface area contributed by atoms with Gasteiger partial charge in [-0.05, 0) is 62.1 Å². The van der Waals surface area contributed by atoms with Gasteiger partial charge in [0, 0.05) is 37.7 Å². The van der Waals surface area contributed by atoms with E-state index in [1.165, 1.54) is 30.7 Å². The van der Waals surface area contributed by atoms with Crippen LogP contribution in [0.3, 0.4) is 0 Å². The van der Waals surface area contributed by atoms with E-state index in [0.717, 1.165) is 37.4 Å². The summed E-state index contributed by atoms with van der Waals surface area (Å²) in [5.41, 5.74) is 2.54. The second-order valence-electron chi connectivity index (χ2n) is 7.95. The van der Waals surface area contributed by atoms with Crippen LogP contribution >= 0.6 is 0 Å². The van der Waals surface area contributed by atoms with Crippen molar-refractivity contribution in [3.8, 4) is 0 Å². The summed E-state index contributed by atoms with van der Waals surface area (Å²) in [6, 6.07) is 9.89. The summed E-state index contributed by atoms with van der Waals surface area (Å²) in [6.45, 7) is 3.48. The number of anilines is 1. The van der Waals surface area contributed by atoms with Gasteiger partial charge in [0.05, 0.1) is 11.9 Å². The number of piperidine rings is 1. The third-order valence-electron chi connectivity index (χ3n) is 5.97. The molecule has 3 aromatic rings. The van der Waals surface area contributed by atoms with Gasteiger partial charge in [-0.25, -0.2) is 13.9 Å². The highest BCUT2D eigenvalue weighted by Crippen LogP contribution is 2.27. The second-order valence-corrected chi connectivity index (χ2v) is 7.95. The van der Waals surface area contributed by atoms with Crippen LogP contribution in [0.4, 0.5) is 10.1 Å². The maximum absolute atomic E-state index is 13.2. The number of amides is 1. The molecule has 4 heterocycles. The number of fused-ring (bicyclic) bond motifs is 1. The van der Waals surface area contributed by atoms with Crippen LogP contribution in [0.1, 0.15) is 47.8 Å². The topological polar surface area (TPSA) is 53.7 Å². The lowest BCUT2D eigenvalue weighted by Crippen LogP contribution is -2.39. The number of aromatic nitrogens is 3. The maximum atomic E-state index is 13.2. The molecule has 1 amide bonds. The molecule has 2 fully saturated rings. The highest BCUT2D eigenvalue weighted by atomic mass is 19.1. The summed E-state index contributed by atoms with van der Waals surface area (Å²) in [5, 5.41) is 4.74. The molecule has 7 heteroatoms. The third kappa shape index (κ3) is 3.57. The third-order valence-corrected chi connectivity index (χ3v) is 5.97. The lowest BCUT2D eigenvalue weighted by Gasteiger charge is -2.31. The Morgan fingerprint density at radius 3 is 2.59 bits per heavy atom. The van der Waals surface area contributed by atoms with Crippen molar-refractivity contribution in [2.45, 2.75) is 31.6 Å². The summed E-state index contributed by atoms with van der Waals surface area (Å²) in [7, 11) is 0. The minimum Gasteiger partial charge on any atom is -0.370 e. The Hall–Kier alpha value is -2.96. The van der Waals surface area contributed by atoms with Crippen LogP contribution in [0.5, 0.6) is 0 Å². The number of carbonyl (C=O) groups excluding carboxylic acids is 1. The molecule has 2 aromatic heterocycles. The highest BCUT2D eigenvalue weighted by Gasteiger charge is 2.28. The van der Waals surface area contributed by atoms with Gasteiger partial charge < -0.3 is 9.80 Å². The number of rotatable bonds is 3. The van der Waals surface area contributed by atoms with Crippen molar-refractivity contribution in [2.75, 3.05) is 31.1 Å². The van der Waals surface area contributed by atoms with E-state index >= 15 is 0 Å². The largest absolute Gasteiger partial charge is 0.370 e. The van der Waals surface area contributed by atoms with E-state index in [1.54, 1.807) is 12.1 Å². The molecule has 0 spiro atoms. The molecule has 2 saturated heterocycles. The number of nitrogens with zero attached hydrogens (tertiary/aromatic N) is 5. The average molecular weight is 393 g/mol. The molecule has 29 heavy (non-hydrogen) atoms. The molecule has 6 nitrogen and oxygen atoms in total. The van der Waals surface area contributed by atoms with Crippen molar-refractivity contribution >= 4 is 17.2 Å². The molecule has 2 aliphatic heterocycles. The van der Waals surface area contributed by atoms with E-state index < -0.39 is 0 Å². The lowest BCUT2D eigenvalue weighted by atomic mass is 9.96. The number of halogens is 1. The van der Waals surface area contributed by atoms with Crippen molar-refractivity contribution < 1.29 is 9.18 Å². The van der Waals surface area contributed by atoms with Crippen LogP contribution in [0, 0.1) is 5.82 Å². The van der Waals surface area contributed by atoms with E-state index in [9.17, 15) is 9.18 Å². The summed E-state index contributed by atoms with van der Waals surface area (Å²) in [5.74, 6) is 0.513. The number of benzene rings is 1. The Kier molecular flexibility index (Phi) is 4.66. The summed E-state index contributed by atoms with van der Waals surface area (Å²) >= 11 is 0. The molecule has 150 valence electrons. The van der Waals surface area contributed by atoms with E-state index in [2.05, 4.69) is 17.2 Å². The quantitative estimate of drug-likeness (QED) is 0.684. The maximum Gasteiger partial charge on any atom is 0.253 e. The Morgan fingerprint density at radius 2 is 1.79 bits per heavy atom. The lowest BCUT2D eigenvalue weighted by molar-refractivity contribution is 0.0704. The minimum atomic E-state index is -0.333. The molecule has 2 aliphatic rings. The van der Waals surface area contributed by atoms with Crippen LogP contribution in [0.2, 0.25) is 0 Å². The van der Waals surface area contributed by atoms with Crippen molar-refractivity contribution in [1.82, 2.24) is 19.5 Å². The van der Waals surface area contributed by atoms with Gasteiger partial charge in [-0.1, -0.05) is 0 Å².